The molecule has 0 saturated heterocycles. The zero-order valence-corrected chi connectivity index (χ0v) is 11.6. The smallest absolute Gasteiger partial charge is 0.290 e. The summed E-state index contributed by atoms with van der Waals surface area (Å²) in [5.41, 5.74) is 4.25. The van der Waals surface area contributed by atoms with Crippen LogP contribution in [0.4, 0.5) is 5.69 Å². The van der Waals surface area contributed by atoms with Crippen LogP contribution in [0.15, 0.2) is 42.6 Å². The van der Waals surface area contributed by atoms with Crippen molar-refractivity contribution in [2.24, 2.45) is 0 Å². The van der Waals surface area contributed by atoms with Gasteiger partial charge in [-0.3, -0.25) is 4.79 Å². The summed E-state index contributed by atoms with van der Waals surface area (Å²) in [5, 5.41) is 2.97. The second-order valence-electron chi connectivity index (χ2n) is 4.77. The standard InChI is InChI=1S/C16H18N2O/c1-12-7-6-9-15(14(12)3)17-16(19)11-18-10-5-4-8-13(18)2/h4-10H,11H2,1-3H3/p+1. The summed E-state index contributed by atoms with van der Waals surface area (Å²) in [4.78, 5) is 12.1. The molecule has 0 spiro atoms. The van der Waals surface area contributed by atoms with Crippen molar-refractivity contribution in [1.29, 1.82) is 0 Å². The average molecular weight is 255 g/mol. The van der Waals surface area contributed by atoms with Crippen LogP contribution in [-0.2, 0) is 11.3 Å². The van der Waals surface area contributed by atoms with E-state index in [4.69, 9.17) is 0 Å². The van der Waals surface area contributed by atoms with Gasteiger partial charge in [0.1, 0.15) is 0 Å². The lowest BCUT2D eigenvalue weighted by Crippen LogP contribution is -2.42. The Labute approximate surface area is 113 Å². The number of carbonyl (C=O) groups is 1. The minimum Gasteiger partial charge on any atom is -0.320 e. The summed E-state index contributed by atoms with van der Waals surface area (Å²) in [5.74, 6) is -0.00648. The molecule has 0 unspecified atom stereocenters. The van der Waals surface area contributed by atoms with E-state index in [1.807, 2.05) is 67.9 Å². The fraction of sp³-hybridized carbons (Fsp3) is 0.250. The third kappa shape index (κ3) is 3.19. The maximum absolute atomic E-state index is 12.1. The van der Waals surface area contributed by atoms with Gasteiger partial charge in [-0.15, -0.1) is 0 Å². The largest absolute Gasteiger partial charge is 0.320 e. The van der Waals surface area contributed by atoms with Gasteiger partial charge in [-0.1, -0.05) is 18.2 Å². The van der Waals surface area contributed by atoms with E-state index in [-0.39, 0.29) is 5.91 Å². The van der Waals surface area contributed by atoms with Crippen LogP contribution in [-0.4, -0.2) is 5.91 Å². The van der Waals surface area contributed by atoms with Gasteiger partial charge in [0.05, 0.1) is 0 Å². The number of carbonyl (C=O) groups excluding carboxylic acids is 1. The number of benzene rings is 1. The molecule has 2 rings (SSSR count). The van der Waals surface area contributed by atoms with E-state index in [9.17, 15) is 4.79 Å². The van der Waals surface area contributed by atoms with Crippen LogP contribution in [0.1, 0.15) is 16.8 Å². The fourth-order valence-electron chi connectivity index (χ4n) is 1.97. The minimum atomic E-state index is -0.00648. The van der Waals surface area contributed by atoms with Gasteiger partial charge in [-0.25, -0.2) is 0 Å². The van der Waals surface area contributed by atoms with Crippen molar-refractivity contribution in [3.8, 4) is 0 Å². The molecule has 1 N–H and O–H groups in total. The highest BCUT2D eigenvalue weighted by Crippen LogP contribution is 2.17. The Morgan fingerprint density at radius 3 is 2.63 bits per heavy atom. The van der Waals surface area contributed by atoms with Crippen LogP contribution in [0.3, 0.4) is 0 Å². The van der Waals surface area contributed by atoms with E-state index in [0.717, 1.165) is 16.9 Å². The van der Waals surface area contributed by atoms with Crippen LogP contribution >= 0.6 is 0 Å². The van der Waals surface area contributed by atoms with Crippen molar-refractivity contribution in [3.05, 3.63) is 59.4 Å². The monoisotopic (exact) mass is 255 g/mol. The molecule has 2 aromatic rings. The van der Waals surface area contributed by atoms with E-state index in [1.54, 1.807) is 0 Å². The van der Waals surface area contributed by atoms with Crippen molar-refractivity contribution in [3.63, 3.8) is 0 Å². The molecule has 0 aliphatic rings. The molecule has 19 heavy (non-hydrogen) atoms. The molecule has 3 nitrogen and oxygen atoms in total. The SMILES string of the molecule is Cc1cccc(NC(=O)C[n+]2ccccc2C)c1C. The van der Waals surface area contributed by atoms with Crippen LogP contribution in [0, 0.1) is 20.8 Å². The van der Waals surface area contributed by atoms with Crippen LogP contribution < -0.4 is 9.88 Å². The first-order valence-electron chi connectivity index (χ1n) is 6.39. The van der Waals surface area contributed by atoms with Crippen molar-refractivity contribution < 1.29 is 9.36 Å². The molecule has 3 heteroatoms. The highest BCUT2D eigenvalue weighted by atomic mass is 16.1. The molecule has 0 bridgehead atoms. The summed E-state index contributed by atoms with van der Waals surface area (Å²) in [7, 11) is 0. The van der Waals surface area contributed by atoms with Crippen molar-refractivity contribution >= 4 is 11.6 Å². The molecular formula is C16H19N2O+. The number of amides is 1. The summed E-state index contributed by atoms with van der Waals surface area (Å²) >= 11 is 0. The molecule has 0 aliphatic heterocycles. The predicted octanol–water partition coefficient (Wildman–Crippen LogP) is 2.54. The number of nitrogens with one attached hydrogen (secondary N) is 1. The lowest BCUT2D eigenvalue weighted by molar-refractivity contribution is -0.690. The highest BCUT2D eigenvalue weighted by Gasteiger charge is 2.12. The quantitative estimate of drug-likeness (QED) is 0.840. The predicted molar refractivity (Wildman–Crippen MR) is 75.9 cm³/mol. The van der Waals surface area contributed by atoms with Crippen LogP contribution in [0.25, 0.3) is 0 Å². The number of nitrogens with zero attached hydrogens (tertiary/aromatic N) is 1. The average Bonchev–Trinajstić information content (AvgIpc) is 2.38. The van der Waals surface area contributed by atoms with Crippen molar-refractivity contribution in [1.82, 2.24) is 0 Å². The topological polar surface area (TPSA) is 33.0 Å². The Bertz CT molecular complexity index is 605. The van der Waals surface area contributed by atoms with Gasteiger partial charge in [0, 0.05) is 24.7 Å². The molecule has 0 radical (unpaired) electrons. The van der Waals surface area contributed by atoms with Gasteiger partial charge in [0.25, 0.3) is 5.91 Å². The Morgan fingerprint density at radius 2 is 1.89 bits per heavy atom. The zero-order valence-electron chi connectivity index (χ0n) is 11.6. The molecule has 1 heterocycles. The Hall–Kier alpha value is -2.16. The number of aryl methyl sites for hydroxylation is 2. The second kappa shape index (κ2) is 5.65. The van der Waals surface area contributed by atoms with Crippen molar-refractivity contribution in [2.45, 2.75) is 27.3 Å². The third-order valence-corrected chi connectivity index (χ3v) is 3.36. The van der Waals surface area contributed by atoms with Gasteiger partial charge in [-0.05, 0) is 31.0 Å². The third-order valence-electron chi connectivity index (χ3n) is 3.36. The Balaban J connectivity index is 2.10. The zero-order chi connectivity index (χ0) is 13.8. The molecule has 0 saturated carbocycles. The molecule has 1 aromatic carbocycles. The molecular weight excluding hydrogens is 236 g/mol. The van der Waals surface area contributed by atoms with Gasteiger partial charge >= 0.3 is 0 Å². The summed E-state index contributed by atoms with van der Waals surface area (Å²) in [6, 6.07) is 11.8. The van der Waals surface area contributed by atoms with Gasteiger partial charge in [0.2, 0.25) is 6.54 Å². The molecule has 98 valence electrons. The molecule has 1 aromatic heterocycles. The first-order valence-corrected chi connectivity index (χ1v) is 6.39. The van der Waals surface area contributed by atoms with Crippen molar-refractivity contribution in [2.75, 3.05) is 5.32 Å². The first kappa shape index (κ1) is 13.3. The number of hydrogen-bond acceptors (Lipinski definition) is 1. The number of rotatable bonds is 3. The summed E-state index contributed by atoms with van der Waals surface area (Å²) < 4.78 is 1.93. The minimum absolute atomic E-state index is 0.00648. The first-order chi connectivity index (χ1) is 9.08. The number of anilines is 1. The number of hydrogen-bond donors (Lipinski definition) is 1. The number of aromatic nitrogens is 1. The van der Waals surface area contributed by atoms with E-state index >= 15 is 0 Å². The van der Waals surface area contributed by atoms with Gasteiger partial charge in [-0.2, -0.15) is 4.57 Å². The van der Waals surface area contributed by atoms with E-state index in [1.165, 1.54) is 5.56 Å². The van der Waals surface area contributed by atoms with Gasteiger partial charge in [0.15, 0.2) is 11.9 Å². The van der Waals surface area contributed by atoms with E-state index in [2.05, 4.69) is 5.32 Å². The molecule has 0 aliphatic carbocycles. The maximum atomic E-state index is 12.1. The normalized spacial score (nSPS) is 10.3. The molecule has 0 atom stereocenters. The van der Waals surface area contributed by atoms with Crippen LogP contribution in [0.5, 0.6) is 0 Å². The number of pyridine rings is 1. The lowest BCUT2D eigenvalue weighted by Gasteiger charge is -2.09. The lowest BCUT2D eigenvalue weighted by atomic mass is 10.1. The summed E-state index contributed by atoms with van der Waals surface area (Å²) in [6.45, 7) is 6.39. The van der Waals surface area contributed by atoms with E-state index in [0.29, 0.717) is 6.54 Å². The second-order valence-corrected chi connectivity index (χ2v) is 4.77. The van der Waals surface area contributed by atoms with Crippen LogP contribution in [0.2, 0.25) is 0 Å². The Kier molecular flexibility index (Phi) is 3.95. The van der Waals surface area contributed by atoms with E-state index < -0.39 is 0 Å². The van der Waals surface area contributed by atoms with Gasteiger partial charge < -0.3 is 5.32 Å². The Morgan fingerprint density at radius 1 is 1.11 bits per heavy atom. The summed E-state index contributed by atoms with van der Waals surface area (Å²) in [6.07, 6.45) is 1.91. The fourth-order valence-corrected chi connectivity index (χ4v) is 1.97. The maximum Gasteiger partial charge on any atom is 0.290 e. The molecule has 0 fully saturated rings. The highest BCUT2D eigenvalue weighted by molar-refractivity contribution is 5.90. The molecule has 1 amide bonds.